The van der Waals surface area contributed by atoms with Crippen molar-refractivity contribution in [3.8, 4) is 0 Å². The minimum atomic E-state index is -3.63. The lowest BCUT2D eigenvalue weighted by Crippen LogP contribution is -2.35. The summed E-state index contributed by atoms with van der Waals surface area (Å²) in [5.74, 6) is 0.614. The Labute approximate surface area is 139 Å². The number of halogens is 1. The average molecular weight is 357 g/mol. The molecule has 1 aromatic carbocycles. The van der Waals surface area contributed by atoms with Crippen molar-refractivity contribution in [2.45, 2.75) is 24.8 Å². The second-order valence-corrected chi connectivity index (χ2v) is 7.88. The lowest BCUT2D eigenvalue weighted by atomic mass is 10.2. The second kappa shape index (κ2) is 5.77. The molecule has 124 valence electrons. The Morgan fingerprint density at radius 1 is 1.22 bits per heavy atom. The predicted molar refractivity (Wildman–Crippen MR) is 86.1 cm³/mol. The van der Waals surface area contributed by atoms with Crippen molar-refractivity contribution in [1.29, 1.82) is 0 Å². The molecule has 7 nitrogen and oxygen atoms in total. The number of hydrogen-bond acceptors (Lipinski definition) is 4. The molecule has 23 heavy (non-hydrogen) atoms. The van der Waals surface area contributed by atoms with Crippen LogP contribution in [0.15, 0.2) is 27.9 Å². The molecular weight excluding hydrogens is 340 g/mol. The molecule has 0 spiro atoms. The summed E-state index contributed by atoms with van der Waals surface area (Å²) in [5, 5.41) is 4.66. The second-order valence-electron chi connectivity index (χ2n) is 5.54. The molecule has 0 atom stereocenters. The first kappa shape index (κ1) is 16.2. The minimum Gasteiger partial charge on any atom is -0.278 e. The number of nitrogens with zero attached hydrogens (tertiary/aromatic N) is 4. The summed E-state index contributed by atoms with van der Waals surface area (Å²) < 4.78 is 29.9. The molecular formula is C14H17ClN4O3S. The van der Waals surface area contributed by atoms with Gasteiger partial charge in [-0.05, 0) is 30.7 Å². The molecule has 0 aliphatic carbocycles. The third-order valence-electron chi connectivity index (χ3n) is 4.00. The van der Waals surface area contributed by atoms with Crippen LogP contribution in [0.3, 0.4) is 0 Å². The van der Waals surface area contributed by atoms with Crippen molar-refractivity contribution in [3.63, 3.8) is 0 Å². The lowest BCUT2D eigenvalue weighted by Gasteiger charge is -2.20. The van der Waals surface area contributed by atoms with Gasteiger partial charge in [0, 0.05) is 38.1 Å². The summed E-state index contributed by atoms with van der Waals surface area (Å²) >= 11 is 5.90. The highest BCUT2D eigenvalue weighted by Gasteiger charge is 2.29. The van der Waals surface area contributed by atoms with Crippen LogP contribution in [0.2, 0.25) is 5.02 Å². The number of benzene rings is 1. The highest BCUT2D eigenvalue weighted by atomic mass is 35.5. The summed E-state index contributed by atoms with van der Waals surface area (Å²) in [7, 11) is -2.03. The quantitative estimate of drug-likeness (QED) is 0.797. The Morgan fingerprint density at radius 2 is 1.96 bits per heavy atom. The first-order chi connectivity index (χ1) is 10.8. The molecule has 2 heterocycles. The first-order valence-electron chi connectivity index (χ1n) is 7.20. The zero-order valence-electron chi connectivity index (χ0n) is 12.9. The van der Waals surface area contributed by atoms with Crippen molar-refractivity contribution in [3.05, 3.63) is 45.1 Å². The largest absolute Gasteiger partial charge is 0.345 e. The number of aryl methyl sites for hydroxylation is 2. The van der Waals surface area contributed by atoms with Gasteiger partial charge in [-0.2, -0.15) is 9.40 Å². The van der Waals surface area contributed by atoms with E-state index in [1.165, 1.54) is 19.6 Å². The van der Waals surface area contributed by atoms with Gasteiger partial charge in [-0.25, -0.2) is 17.9 Å². The monoisotopic (exact) mass is 356 g/mol. The normalized spacial score (nSPS) is 16.1. The van der Waals surface area contributed by atoms with E-state index in [1.807, 2.05) is 0 Å². The Kier molecular flexibility index (Phi) is 4.07. The van der Waals surface area contributed by atoms with Crippen LogP contribution in [-0.2, 0) is 30.0 Å². The van der Waals surface area contributed by atoms with Gasteiger partial charge in [0.1, 0.15) is 5.82 Å². The summed E-state index contributed by atoms with van der Waals surface area (Å²) in [6.45, 7) is 2.55. The van der Waals surface area contributed by atoms with Gasteiger partial charge in [0.25, 0.3) is 0 Å². The van der Waals surface area contributed by atoms with E-state index in [1.54, 1.807) is 26.1 Å². The van der Waals surface area contributed by atoms with Crippen LogP contribution in [0, 0.1) is 6.92 Å². The molecule has 0 amide bonds. The molecule has 0 bridgehead atoms. The molecule has 1 aliphatic heterocycles. The molecule has 0 radical (unpaired) electrons. The summed E-state index contributed by atoms with van der Waals surface area (Å²) in [6.07, 6.45) is 0.405. The Bertz CT molecular complexity index is 917. The van der Waals surface area contributed by atoms with E-state index in [0.29, 0.717) is 35.9 Å². The standard InChI is InChI=1S/C14H17ClN4O3S/c1-10-9-11(15)3-4-12(10)23(21,22)18-6-5-13-16-17(2)14(20)19(13)8-7-18/h3-4,9H,5-8H2,1-2H3. The fourth-order valence-corrected chi connectivity index (χ4v) is 4.66. The van der Waals surface area contributed by atoms with E-state index in [0.717, 1.165) is 0 Å². The zero-order chi connectivity index (χ0) is 16.8. The average Bonchev–Trinajstić information content (AvgIpc) is 2.64. The Balaban J connectivity index is 1.92. The van der Waals surface area contributed by atoms with Gasteiger partial charge >= 0.3 is 5.69 Å². The maximum atomic E-state index is 12.9. The highest BCUT2D eigenvalue weighted by Crippen LogP contribution is 2.24. The molecule has 1 aromatic heterocycles. The van der Waals surface area contributed by atoms with Crippen molar-refractivity contribution in [1.82, 2.24) is 18.7 Å². The van der Waals surface area contributed by atoms with Gasteiger partial charge < -0.3 is 0 Å². The molecule has 0 N–H and O–H groups in total. The third-order valence-corrected chi connectivity index (χ3v) is 6.29. The van der Waals surface area contributed by atoms with E-state index in [2.05, 4.69) is 5.10 Å². The van der Waals surface area contributed by atoms with E-state index in [-0.39, 0.29) is 17.1 Å². The van der Waals surface area contributed by atoms with Crippen molar-refractivity contribution < 1.29 is 8.42 Å². The van der Waals surface area contributed by atoms with Crippen LogP contribution >= 0.6 is 11.6 Å². The molecule has 2 aromatic rings. The minimum absolute atomic E-state index is 0.220. The lowest BCUT2D eigenvalue weighted by molar-refractivity contribution is 0.411. The zero-order valence-corrected chi connectivity index (χ0v) is 14.4. The molecule has 0 saturated heterocycles. The highest BCUT2D eigenvalue weighted by molar-refractivity contribution is 7.89. The van der Waals surface area contributed by atoms with Gasteiger partial charge in [-0.15, -0.1) is 0 Å². The maximum Gasteiger partial charge on any atom is 0.345 e. The van der Waals surface area contributed by atoms with Gasteiger partial charge in [0.2, 0.25) is 10.0 Å². The SMILES string of the molecule is Cc1cc(Cl)ccc1S(=O)(=O)N1CCc2nn(C)c(=O)n2CC1. The van der Waals surface area contributed by atoms with Gasteiger partial charge in [-0.1, -0.05) is 11.6 Å². The van der Waals surface area contributed by atoms with Crippen LogP contribution in [0.25, 0.3) is 0 Å². The van der Waals surface area contributed by atoms with E-state index in [4.69, 9.17) is 11.6 Å². The maximum absolute atomic E-state index is 12.9. The number of sulfonamides is 1. The molecule has 1 aliphatic rings. The van der Waals surface area contributed by atoms with E-state index in [9.17, 15) is 13.2 Å². The van der Waals surface area contributed by atoms with Gasteiger partial charge in [0.15, 0.2) is 0 Å². The van der Waals surface area contributed by atoms with Crippen LogP contribution in [0.1, 0.15) is 11.4 Å². The summed E-state index contributed by atoms with van der Waals surface area (Å²) in [6, 6.07) is 4.72. The van der Waals surface area contributed by atoms with E-state index < -0.39 is 10.0 Å². The summed E-state index contributed by atoms with van der Waals surface area (Å²) in [4.78, 5) is 12.2. The number of fused-ring (bicyclic) bond motifs is 1. The van der Waals surface area contributed by atoms with Crippen LogP contribution in [0.5, 0.6) is 0 Å². The number of aromatic nitrogens is 3. The molecule has 0 saturated carbocycles. The Morgan fingerprint density at radius 3 is 2.65 bits per heavy atom. The van der Waals surface area contributed by atoms with Gasteiger partial charge in [0.05, 0.1) is 4.90 Å². The fraction of sp³-hybridized carbons (Fsp3) is 0.429. The molecule has 0 unspecified atom stereocenters. The topological polar surface area (TPSA) is 77.2 Å². The van der Waals surface area contributed by atoms with E-state index >= 15 is 0 Å². The van der Waals surface area contributed by atoms with Crippen molar-refractivity contribution >= 4 is 21.6 Å². The van der Waals surface area contributed by atoms with Crippen LogP contribution < -0.4 is 5.69 Å². The first-order valence-corrected chi connectivity index (χ1v) is 9.01. The molecule has 9 heteroatoms. The molecule has 0 fully saturated rings. The molecule has 3 rings (SSSR count). The Hall–Kier alpha value is -1.64. The van der Waals surface area contributed by atoms with Gasteiger partial charge in [-0.3, -0.25) is 4.57 Å². The van der Waals surface area contributed by atoms with Crippen molar-refractivity contribution in [2.75, 3.05) is 13.1 Å². The van der Waals surface area contributed by atoms with Crippen LogP contribution in [0.4, 0.5) is 0 Å². The van der Waals surface area contributed by atoms with Crippen LogP contribution in [-0.4, -0.2) is 40.2 Å². The summed E-state index contributed by atoms with van der Waals surface area (Å²) in [5.41, 5.74) is 0.386. The number of hydrogen-bond donors (Lipinski definition) is 0. The van der Waals surface area contributed by atoms with Crippen molar-refractivity contribution in [2.24, 2.45) is 7.05 Å². The fourth-order valence-electron chi connectivity index (χ4n) is 2.79. The third kappa shape index (κ3) is 2.82. The predicted octanol–water partition coefficient (Wildman–Crippen LogP) is 0.791. The number of rotatable bonds is 2. The smallest absolute Gasteiger partial charge is 0.278 e.